The zero-order chi connectivity index (χ0) is 10.8. The molecule has 1 N–H and O–H groups in total. The van der Waals surface area contributed by atoms with Crippen LogP contribution < -0.4 is 5.32 Å². The van der Waals surface area contributed by atoms with E-state index in [9.17, 15) is 0 Å². The van der Waals surface area contributed by atoms with Gasteiger partial charge in [0.1, 0.15) is 5.51 Å². The highest BCUT2D eigenvalue weighted by molar-refractivity contribution is 7.98. The van der Waals surface area contributed by atoms with Crippen LogP contribution >= 0.6 is 23.1 Å². The quantitative estimate of drug-likeness (QED) is 0.888. The lowest BCUT2D eigenvalue weighted by Gasteiger charge is -2.25. The molecule has 0 fully saturated rings. The third-order valence-corrected chi connectivity index (χ3v) is 4.34. The summed E-state index contributed by atoms with van der Waals surface area (Å²) < 4.78 is 0. The summed E-state index contributed by atoms with van der Waals surface area (Å²) >= 11 is 3.51. The van der Waals surface area contributed by atoms with Crippen molar-refractivity contribution >= 4 is 28.2 Å². The van der Waals surface area contributed by atoms with Gasteiger partial charge in [-0.25, -0.2) is 0 Å². The van der Waals surface area contributed by atoms with Crippen LogP contribution in [0.3, 0.4) is 0 Å². The molecule has 5 heteroatoms. The van der Waals surface area contributed by atoms with Gasteiger partial charge in [0.15, 0.2) is 0 Å². The molecule has 16 heavy (non-hydrogen) atoms. The molecule has 1 aromatic carbocycles. The summed E-state index contributed by atoms with van der Waals surface area (Å²) in [5.74, 6) is 2.21. The van der Waals surface area contributed by atoms with E-state index in [1.165, 1.54) is 11.1 Å². The van der Waals surface area contributed by atoms with Crippen LogP contribution in [-0.4, -0.2) is 16.0 Å². The molecule has 0 saturated carbocycles. The molecule has 0 saturated heterocycles. The Morgan fingerprint density at radius 2 is 2.25 bits per heavy atom. The number of thioether (sulfide) groups is 1. The van der Waals surface area contributed by atoms with Crippen molar-refractivity contribution in [3.8, 4) is 0 Å². The van der Waals surface area contributed by atoms with Crippen LogP contribution in [0.5, 0.6) is 0 Å². The monoisotopic (exact) mass is 249 g/mol. The van der Waals surface area contributed by atoms with E-state index in [0.717, 1.165) is 16.6 Å². The molecule has 1 unspecified atom stereocenters. The number of aromatic nitrogens is 2. The largest absolute Gasteiger partial charge is 0.352 e. The summed E-state index contributed by atoms with van der Waals surface area (Å²) in [5, 5.41) is 12.2. The Hall–Kier alpha value is -1.07. The SMILES string of the molecule is c1ccc2c(c1)CSCC2Nc1nncs1. The highest BCUT2D eigenvalue weighted by atomic mass is 32.2. The molecule has 0 aliphatic carbocycles. The number of rotatable bonds is 2. The van der Waals surface area contributed by atoms with Crippen LogP contribution in [0.4, 0.5) is 5.13 Å². The van der Waals surface area contributed by atoms with Gasteiger partial charge in [-0.2, -0.15) is 11.8 Å². The molecular weight excluding hydrogens is 238 g/mol. The average Bonchev–Trinajstić information content (AvgIpc) is 2.82. The van der Waals surface area contributed by atoms with Crippen LogP contribution in [0.1, 0.15) is 17.2 Å². The number of benzene rings is 1. The first-order valence-electron chi connectivity index (χ1n) is 5.12. The molecule has 1 aromatic heterocycles. The Morgan fingerprint density at radius 3 is 3.12 bits per heavy atom. The molecule has 2 heterocycles. The molecule has 0 bridgehead atoms. The highest BCUT2D eigenvalue weighted by Gasteiger charge is 2.20. The first-order valence-corrected chi connectivity index (χ1v) is 7.15. The first-order chi connectivity index (χ1) is 7.93. The topological polar surface area (TPSA) is 37.8 Å². The van der Waals surface area contributed by atoms with Crippen LogP contribution in [0, 0.1) is 0 Å². The number of nitrogens with zero attached hydrogens (tertiary/aromatic N) is 2. The molecule has 1 aliphatic rings. The summed E-state index contributed by atoms with van der Waals surface area (Å²) in [7, 11) is 0. The van der Waals surface area contributed by atoms with Crippen molar-refractivity contribution < 1.29 is 0 Å². The summed E-state index contributed by atoms with van der Waals surface area (Å²) in [4.78, 5) is 0. The minimum atomic E-state index is 0.364. The maximum absolute atomic E-state index is 4.03. The van der Waals surface area contributed by atoms with Gasteiger partial charge in [-0.05, 0) is 11.1 Å². The minimum Gasteiger partial charge on any atom is -0.352 e. The fourth-order valence-corrected chi connectivity index (χ4v) is 3.48. The molecule has 82 valence electrons. The zero-order valence-electron chi connectivity index (χ0n) is 8.59. The number of anilines is 1. The van der Waals surface area contributed by atoms with E-state index >= 15 is 0 Å². The molecule has 3 rings (SSSR count). The van der Waals surface area contributed by atoms with E-state index in [2.05, 4.69) is 39.8 Å². The van der Waals surface area contributed by atoms with Crippen LogP contribution in [0.15, 0.2) is 29.8 Å². The third-order valence-electron chi connectivity index (χ3n) is 2.63. The van der Waals surface area contributed by atoms with Gasteiger partial charge in [0, 0.05) is 11.5 Å². The van der Waals surface area contributed by atoms with E-state index in [-0.39, 0.29) is 0 Å². The molecule has 1 atom stereocenters. The van der Waals surface area contributed by atoms with Gasteiger partial charge in [0.2, 0.25) is 5.13 Å². The second kappa shape index (κ2) is 4.43. The minimum absolute atomic E-state index is 0.364. The van der Waals surface area contributed by atoms with Crippen molar-refractivity contribution in [2.45, 2.75) is 11.8 Å². The molecular formula is C11H11N3S2. The van der Waals surface area contributed by atoms with Crippen molar-refractivity contribution in [2.24, 2.45) is 0 Å². The van der Waals surface area contributed by atoms with Gasteiger partial charge in [0.05, 0.1) is 6.04 Å². The number of fused-ring (bicyclic) bond motifs is 1. The van der Waals surface area contributed by atoms with Gasteiger partial charge in [0.25, 0.3) is 0 Å². The number of hydrogen-bond donors (Lipinski definition) is 1. The van der Waals surface area contributed by atoms with Gasteiger partial charge >= 0.3 is 0 Å². The van der Waals surface area contributed by atoms with Crippen molar-refractivity contribution in [3.63, 3.8) is 0 Å². The second-order valence-electron chi connectivity index (χ2n) is 3.65. The summed E-state index contributed by atoms with van der Waals surface area (Å²) in [5.41, 5.74) is 4.58. The van der Waals surface area contributed by atoms with Gasteiger partial charge in [-0.3, -0.25) is 0 Å². The predicted octanol–water partition coefficient (Wildman–Crippen LogP) is 2.94. The Balaban J connectivity index is 1.87. The predicted molar refractivity (Wildman–Crippen MR) is 68.9 cm³/mol. The van der Waals surface area contributed by atoms with E-state index in [4.69, 9.17) is 0 Å². The van der Waals surface area contributed by atoms with Crippen LogP contribution in [0.2, 0.25) is 0 Å². The van der Waals surface area contributed by atoms with E-state index < -0.39 is 0 Å². The Bertz CT molecular complexity index is 470. The lowest BCUT2D eigenvalue weighted by atomic mass is 10.0. The van der Waals surface area contributed by atoms with Crippen molar-refractivity contribution in [1.29, 1.82) is 0 Å². The summed E-state index contributed by atoms with van der Waals surface area (Å²) in [6.45, 7) is 0. The van der Waals surface area contributed by atoms with E-state index in [0.29, 0.717) is 6.04 Å². The standard InChI is InChI=1S/C11H11N3S2/c1-2-4-9-8(3-1)5-15-6-10(9)13-11-14-12-7-16-11/h1-4,7,10H,5-6H2,(H,13,14). The average molecular weight is 249 g/mol. The number of hydrogen-bond acceptors (Lipinski definition) is 5. The Kier molecular flexibility index (Phi) is 2.80. The maximum atomic E-state index is 4.03. The van der Waals surface area contributed by atoms with Gasteiger partial charge < -0.3 is 5.32 Å². The smallest absolute Gasteiger partial charge is 0.205 e. The zero-order valence-corrected chi connectivity index (χ0v) is 10.2. The van der Waals surface area contributed by atoms with Crippen molar-refractivity contribution in [1.82, 2.24) is 10.2 Å². The molecule has 1 aliphatic heterocycles. The van der Waals surface area contributed by atoms with Gasteiger partial charge in [-0.1, -0.05) is 35.6 Å². The van der Waals surface area contributed by atoms with Crippen LogP contribution in [0.25, 0.3) is 0 Å². The van der Waals surface area contributed by atoms with Crippen LogP contribution in [-0.2, 0) is 5.75 Å². The van der Waals surface area contributed by atoms with Crippen molar-refractivity contribution in [3.05, 3.63) is 40.9 Å². The van der Waals surface area contributed by atoms with E-state index in [1.807, 2.05) is 11.8 Å². The summed E-state index contributed by atoms with van der Waals surface area (Å²) in [6.07, 6.45) is 0. The van der Waals surface area contributed by atoms with Gasteiger partial charge in [-0.15, -0.1) is 10.2 Å². The lowest BCUT2D eigenvalue weighted by Crippen LogP contribution is -2.18. The summed E-state index contributed by atoms with van der Waals surface area (Å²) in [6, 6.07) is 8.98. The molecule has 0 spiro atoms. The van der Waals surface area contributed by atoms with E-state index in [1.54, 1.807) is 16.8 Å². The molecule has 3 nitrogen and oxygen atoms in total. The lowest BCUT2D eigenvalue weighted by molar-refractivity contribution is 0.862. The highest BCUT2D eigenvalue weighted by Crippen LogP contribution is 2.33. The maximum Gasteiger partial charge on any atom is 0.205 e. The Labute approximate surface area is 102 Å². The normalized spacial score (nSPS) is 19.1. The molecule has 2 aromatic rings. The fourth-order valence-electron chi connectivity index (χ4n) is 1.89. The first kappa shape index (κ1) is 10.1. The number of nitrogens with one attached hydrogen (secondary N) is 1. The molecule has 0 radical (unpaired) electrons. The third kappa shape index (κ3) is 1.92. The fraction of sp³-hybridized carbons (Fsp3) is 0.273. The van der Waals surface area contributed by atoms with Crippen molar-refractivity contribution in [2.75, 3.05) is 11.1 Å². The second-order valence-corrected chi connectivity index (χ2v) is 5.52. The Morgan fingerprint density at radius 1 is 1.31 bits per heavy atom. The molecule has 0 amide bonds.